The van der Waals surface area contributed by atoms with Gasteiger partial charge in [-0.2, -0.15) is 0 Å². The van der Waals surface area contributed by atoms with Crippen LogP contribution < -0.4 is 0 Å². The number of hydrogen-bond acceptors (Lipinski definition) is 2. The Balaban J connectivity index is 2.37. The molecule has 0 fully saturated rings. The zero-order chi connectivity index (χ0) is 10.8. The molecule has 0 bridgehead atoms. The third-order valence-electron chi connectivity index (χ3n) is 2.12. The lowest BCUT2D eigenvalue weighted by Crippen LogP contribution is -1.97. The minimum atomic E-state index is 0.0376. The van der Waals surface area contributed by atoms with E-state index in [0.29, 0.717) is 14.8 Å². The molecule has 0 aliphatic carbocycles. The van der Waals surface area contributed by atoms with Gasteiger partial charge in [0.2, 0.25) is 5.78 Å². The van der Waals surface area contributed by atoms with Gasteiger partial charge in [0, 0.05) is 5.56 Å². The highest BCUT2D eigenvalue weighted by atomic mass is 35.5. The van der Waals surface area contributed by atoms with Crippen LogP contribution in [0.5, 0.6) is 0 Å². The fourth-order valence-corrected chi connectivity index (χ4v) is 2.47. The third kappa shape index (κ3) is 2.11. The molecular weight excluding hydrogens is 228 g/mol. The Morgan fingerprint density at radius 2 is 1.93 bits per heavy atom. The van der Waals surface area contributed by atoms with Crippen LogP contribution in [0, 0.1) is 6.92 Å². The number of benzene rings is 1. The summed E-state index contributed by atoms with van der Waals surface area (Å²) in [5.41, 5.74) is 1.66. The van der Waals surface area contributed by atoms with E-state index in [2.05, 4.69) is 0 Å². The maximum atomic E-state index is 12.0. The van der Waals surface area contributed by atoms with Gasteiger partial charge in [0.15, 0.2) is 0 Å². The minimum Gasteiger partial charge on any atom is -0.288 e. The van der Waals surface area contributed by atoms with E-state index in [9.17, 15) is 4.79 Å². The van der Waals surface area contributed by atoms with Crippen molar-refractivity contribution in [3.05, 3.63) is 56.7 Å². The molecule has 76 valence electrons. The monoisotopic (exact) mass is 236 g/mol. The Labute approximate surface area is 97.3 Å². The van der Waals surface area contributed by atoms with Crippen LogP contribution >= 0.6 is 22.9 Å². The van der Waals surface area contributed by atoms with Crippen molar-refractivity contribution in [1.29, 1.82) is 0 Å². The molecule has 0 saturated carbocycles. The number of thiophene rings is 1. The second-order valence-electron chi connectivity index (χ2n) is 3.26. The smallest absolute Gasteiger partial charge is 0.203 e. The molecule has 1 heterocycles. The first-order valence-corrected chi connectivity index (χ1v) is 5.73. The van der Waals surface area contributed by atoms with Gasteiger partial charge >= 0.3 is 0 Å². The summed E-state index contributed by atoms with van der Waals surface area (Å²) < 4.78 is 0.689. The van der Waals surface area contributed by atoms with Crippen molar-refractivity contribution in [2.75, 3.05) is 0 Å². The average Bonchev–Trinajstić information content (AvgIpc) is 2.59. The predicted molar refractivity (Wildman–Crippen MR) is 63.9 cm³/mol. The van der Waals surface area contributed by atoms with Crippen LogP contribution in [-0.2, 0) is 0 Å². The van der Waals surface area contributed by atoms with Gasteiger partial charge in [-0.15, -0.1) is 11.3 Å². The topological polar surface area (TPSA) is 17.1 Å². The van der Waals surface area contributed by atoms with Gasteiger partial charge in [-0.05, 0) is 18.6 Å². The van der Waals surface area contributed by atoms with Gasteiger partial charge in [0.1, 0.15) is 0 Å². The molecule has 15 heavy (non-hydrogen) atoms. The molecular formula is C12H9ClOS. The Morgan fingerprint density at radius 3 is 2.47 bits per heavy atom. The van der Waals surface area contributed by atoms with Crippen molar-refractivity contribution in [3.8, 4) is 0 Å². The summed E-state index contributed by atoms with van der Waals surface area (Å²) in [6.45, 7) is 1.90. The second-order valence-corrected chi connectivity index (χ2v) is 4.92. The van der Waals surface area contributed by atoms with Crippen molar-refractivity contribution in [2.45, 2.75) is 6.92 Å². The van der Waals surface area contributed by atoms with E-state index < -0.39 is 0 Å². The SMILES string of the molecule is Cc1cc(C(=O)c2ccccc2)sc1Cl. The van der Waals surface area contributed by atoms with E-state index >= 15 is 0 Å². The largest absolute Gasteiger partial charge is 0.288 e. The Bertz CT molecular complexity index is 468. The molecule has 0 aliphatic heterocycles. The molecule has 3 heteroatoms. The number of rotatable bonds is 2. The summed E-state index contributed by atoms with van der Waals surface area (Å²) in [4.78, 5) is 12.7. The quantitative estimate of drug-likeness (QED) is 0.722. The molecule has 0 atom stereocenters. The van der Waals surface area contributed by atoms with Crippen LogP contribution in [0.3, 0.4) is 0 Å². The molecule has 2 rings (SSSR count). The number of carbonyl (C=O) groups is 1. The molecule has 0 N–H and O–H groups in total. The zero-order valence-electron chi connectivity index (χ0n) is 8.16. The second kappa shape index (κ2) is 4.17. The average molecular weight is 237 g/mol. The summed E-state index contributed by atoms with van der Waals surface area (Å²) >= 11 is 7.26. The molecule has 2 aromatic rings. The molecule has 1 nitrogen and oxygen atoms in total. The molecule has 0 spiro atoms. The standard InChI is InChI=1S/C12H9ClOS/c1-8-7-10(15-12(8)13)11(14)9-5-3-2-4-6-9/h2-7H,1H3. The number of ketones is 1. The molecule has 0 aliphatic rings. The van der Waals surface area contributed by atoms with Crippen LogP contribution in [0.1, 0.15) is 20.8 Å². The molecule has 1 aromatic heterocycles. The first-order valence-electron chi connectivity index (χ1n) is 4.54. The third-order valence-corrected chi connectivity index (χ3v) is 3.67. The van der Waals surface area contributed by atoms with Gasteiger partial charge < -0.3 is 0 Å². The fraction of sp³-hybridized carbons (Fsp3) is 0.0833. The van der Waals surface area contributed by atoms with Crippen molar-refractivity contribution in [3.63, 3.8) is 0 Å². The molecule has 0 unspecified atom stereocenters. The molecule has 0 amide bonds. The maximum absolute atomic E-state index is 12.0. The van der Waals surface area contributed by atoms with E-state index in [1.54, 1.807) is 0 Å². The van der Waals surface area contributed by atoms with Crippen molar-refractivity contribution < 1.29 is 4.79 Å². The summed E-state index contributed by atoms with van der Waals surface area (Å²) in [5.74, 6) is 0.0376. The summed E-state index contributed by atoms with van der Waals surface area (Å²) in [7, 11) is 0. The van der Waals surface area contributed by atoms with Crippen LogP contribution in [0.25, 0.3) is 0 Å². The lowest BCUT2D eigenvalue weighted by atomic mass is 10.1. The number of halogens is 1. The molecule has 0 saturated heterocycles. The zero-order valence-corrected chi connectivity index (χ0v) is 9.73. The van der Waals surface area contributed by atoms with Crippen LogP contribution in [0.2, 0.25) is 4.34 Å². The van der Waals surface area contributed by atoms with E-state index in [-0.39, 0.29) is 5.78 Å². The van der Waals surface area contributed by atoms with Crippen molar-refractivity contribution >= 4 is 28.7 Å². The van der Waals surface area contributed by atoms with Gasteiger partial charge in [0.25, 0.3) is 0 Å². The van der Waals surface area contributed by atoms with Gasteiger partial charge in [-0.1, -0.05) is 41.9 Å². The van der Waals surface area contributed by atoms with Gasteiger partial charge in [0.05, 0.1) is 9.21 Å². The first-order chi connectivity index (χ1) is 7.18. The van der Waals surface area contributed by atoms with Crippen LogP contribution in [0.15, 0.2) is 36.4 Å². The Morgan fingerprint density at radius 1 is 1.27 bits per heavy atom. The van der Waals surface area contributed by atoms with Crippen molar-refractivity contribution in [2.24, 2.45) is 0 Å². The predicted octanol–water partition coefficient (Wildman–Crippen LogP) is 3.94. The van der Waals surface area contributed by atoms with E-state index in [0.717, 1.165) is 5.56 Å². The highest BCUT2D eigenvalue weighted by Gasteiger charge is 2.12. The van der Waals surface area contributed by atoms with Crippen LogP contribution in [-0.4, -0.2) is 5.78 Å². The summed E-state index contributed by atoms with van der Waals surface area (Å²) in [6.07, 6.45) is 0. The lowest BCUT2D eigenvalue weighted by Gasteiger charge is -1.95. The van der Waals surface area contributed by atoms with Crippen molar-refractivity contribution in [1.82, 2.24) is 0 Å². The number of aryl methyl sites for hydroxylation is 1. The Kier molecular flexibility index (Phi) is 2.89. The minimum absolute atomic E-state index is 0.0376. The van der Waals surface area contributed by atoms with E-state index in [1.807, 2.05) is 43.3 Å². The molecule has 1 aromatic carbocycles. The maximum Gasteiger partial charge on any atom is 0.203 e. The summed E-state index contributed by atoms with van der Waals surface area (Å²) in [5, 5.41) is 0. The van der Waals surface area contributed by atoms with E-state index in [1.165, 1.54) is 11.3 Å². The fourth-order valence-electron chi connectivity index (χ4n) is 1.30. The van der Waals surface area contributed by atoms with E-state index in [4.69, 9.17) is 11.6 Å². The van der Waals surface area contributed by atoms with Gasteiger partial charge in [-0.3, -0.25) is 4.79 Å². The summed E-state index contributed by atoms with van der Waals surface area (Å²) in [6, 6.07) is 11.1. The highest BCUT2D eigenvalue weighted by molar-refractivity contribution is 7.18. The van der Waals surface area contributed by atoms with Gasteiger partial charge in [-0.25, -0.2) is 0 Å². The molecule has 0 radical (unpaired) electrons. The number of carbonyl (C=O) groups excluding carboxylic acids is 1. The lowest BCUT2D eigenvalue weighted by molar-refractivity contribution is 0.104. The Hall–Kier alpha value is -1.12. The number of hydrogen-bond donors (Lipinski definition) is 0. The normalized spacial score (nSPS) is 10.3. The first kappa shape index (κ1) is 10.4. The van der Waals surface area contributed by atoms with Crippen LogP contribution in [0.4, 0.5) is 0 Å². The highest BCUT2D eigenvalue weighted by Crippen LogP contribution is 2.28.